The van der Waals surface area contributed by atoms with Crippen molar-refractivity contribution in [3.05, 3.63) is 99.7 Å². The van der Waals surface area contributed by atoms with Crippen LogP contribution in [0, 0.1) is 5.92 Å². The monoisotopic (exact) mass is 883 g/mol. The second-order valence-electron chi connectivity index (χ2n) is 17.4. The highest BCUT2D eigenvalue weighted by atomic mass is 35.5. The van der Waals surface area contributed by atoms with Crippen molar-refractivity contribution in [1.82, 2.24) is 24.9 Å². The van der Waals surface area contributed by atoms with Crippen molar-refractivity contribution < 1.29 is 33.7 Å². The normalized spacial score (nSPS) is 17.9. The van der Waals surface area contributed by atoms with Gasteiger partial charge in [0.25, 0.3) is 0 Å². The van der Waals surface area contributed by atoms with Crippen molar-refractivity contribution in [3.63, 3.8) is 0 Å². The van der Waals surface area contributed by atoms with E-state index in [1.165, 1.54) is 0 Å². The van der Waals surface area contributed by atoms with Crippen molar-refractivity contribution >= 4 is 52.1 Å². The van der Waals surface area contributed by atoms with Crippen LogP contribution in [0.15, 0.2) is 72.9 Å². The number of carboxylic acids is 1. The molecule has 14 heteroatoms. The topological polar surface area (TPSA) is 135 Å². The van der Waals surface area contributed by atoms with E-state index in [0.717, 1.165) is 68.4 Å². The van der Waals surface area contributed by atoms with Gasteiger partial charge in [-0.25, -0.2) is 4.79 Å². The number of carboxylic acid groups (broad SMARTS) is 1. The van der Waals surface area contributed by atoms with E-state index in [2.05, 4.69) is 17.3 Å². The van der Waals surface area contributed by atoms with Gasteiger partial charge < -0.3 is 29.5 Å². The summed E-state index contributed by atoms with van der Waals surface area (Å²) >= 11 is 14.2. The first-order valence-corrected chi connectivity index (χ1v) is 21.8. The van der Waals surface area contributed by atoms with Crippen LogP contribution >= 0.6 is 23.2 Å². The van der Waals surface area contributed by atoms with Gasteiger partial charge in [-0.15, -0.1) is 0 Å². The number of hydrogen-bond acceptors (Lipinski definition) is 8. The first-order valence-electron chi connectivity index (χ1n) is 21.1. The van der Waals surface area contributed by atoms with Gasteiger partial charge in [-0.1, -0.05) is 65.7 Å². The van der Waals surface area contributed by atoms with E-state index in [0.29, 0.717) is 67.2 Å². The van der Waals surface area contributed by atoms with Crippen LogP contribution in [-0.2, 0) is 34.0 Å². The Balaban J connectivity index is 1.11. The number of halogens is 2. The number of aromatic nitrogens is 2. The molecule has 1 aliphatic carbocycles. The molecule has 1 aliphatic heterocycles. The molecule has 1 aromatic heterocycles. The molecule has 0 unspecified atom stereocenters. The number of nitrogens with zero attached hydrogens (tertiary/aromatic N) is 4. The number of hydrogen-bond donors (Lipinski definition) is 2. The minimum absolute atomic E-state index is 0.0197. The molecule has 2 amide bonds. The second kappa shape index (κ2) is 19.0. The van der Waals surface area contributed by atoms with E-state index < -0.39 is 17.7 Å². The van der Waals surface area contributed by atoms with Gasteiger partial charge in [0.1, 0.15) is 17.1 Å². The molecular weight excluding hydrogens is 829 g/mol. The van der Waals surface area contributed by atoms with E-state index in [9.17, 15) is 19.5 Å². The number of methoxy groups -OCH3 is 2. The minimum atomic E-state index is -0.702. The highest BCUT2D eigenvalue weighted by Gasteiger charge is 2.30. The van der Waals surface area contributed by atoms with Crippen LogP contribution in [-0.4, -0.2) is 88.2 Å². The molecule has 1 saturated carbocycles. The molecule has 4 aromatic carbocycles. The maximum Gasteiger partial charge on any atom is 0.410 e. The molecule has 7 rings (SSSR count). The van der Waals surface area contributed by atoms with E-state index in [-0.39, 0.29) is 24.4 Å². The minimum Gasteiger partial charge on any atom is -0.496 e. The number of carbonyl (C=O) groups excluding carboxylic acids is 2. The van der Waals surface area contributed by atoms with Gasteiger partial charge in [-0.2, -0.15) is 5.10 Å². The van der Waals surface area contributed by atoms with Gasteiger partial charge in [0.15, 0.2) is 0 Å². The van der Waals surface area contributed by atoms with Crippen molar-refractivity contribution in [1.29, 1.82) is 0 Å². The lowest BCUT2D eigenvalue weighted by molar-refractivity contribution is -0.143. The van der Waals surface area contributed by atoms with Crippen LogP contribution < -0.4 is 14.8 Å². The van der Waals surface area contributed by atoms with Crippen molar-refractivity contribution in [2.75, 3.05) is 27.8 Å². The fourth-order valence-corrected chi connectivity index (χ4v) is 9.26. The molecule has 1 atom stereocenters. The smallest absolute Gasteiger partial charge is 0.410 e. The lowest BCUT2D eigenvalue weighted by atomic mass is 9.85. The van der Waals surface area contributed by atoms with Gasteiger partial charge in [0.2, 0.25) is 5.91 Å². The number of fused-ring (bicyclic) bond motifs is 1. The lowest BCUT2D eigenvalue weighted by Gasteiger charge is -2.33. The summed E-state index contributed by atoms with van der Waals surface area (Å²) in [5, 5.41) is 19.3. The molecular formula is C48H55Cl2N5O7. The van der Waals surface area contributed by atoms with Gasteiger partial charge in [0, 0.05) is 64.3 Å². The maximum atomic E-state index is 13.4. The number of amides is 2. The molecule has 2 N–H and O–H groups in total. The summed E-state index contributed by atoms with van der Waals surface area (Å²) in [4.78, 5) is 40.7. The molecule has 1 saturated heterocycles. The fourth-order valence-electron chi connectivity index (χ4n) is 8.68. The third-order valence-electron chi connectivity index (χ3n) is 12.0. The number of carbonyl (C=O) groups is 3. The number of aliphatic carboxylic acids is 1. The van der Waals surface area contributed by atoms with Crippen LogP contribution in [0.1, 0.15) is 76.0 Å². The van der Waals surface area contributed by atoms with E-state index >= 15 is 0 Å². The van der Waals surface area contributed by atoms with E-state index in [1.807, 2.05) is 98.4 Å². The molecule has 5 aromatic rings. The maximum absolute atomic E-state index is 13.4. The number of ether oxygens (including phenoxy) is 3. The molecule has 0 radical (unpaired) electrons. The average molecular weight is 885 g/mol. The predicted molar refractivity (Wildman–Crippen MR) is 242 cm³/mol. The highest BCUT2D eigenvalue weighted by Crippen LogP contribution is 2.41. The molecule has 328 valence electrons. The van der Waals surface area contributed by atoms with Gasteiger partial charge in [-0.3, -0.25) is 19.2 Å². The van der Waals surface area contributed by atoms with Gasteiger partial charge in [0.05, 0.1) is 50.0 Å². The SMILES string of the molecule is COc1cc(-c2cccc(-c3cccc4c3cnn4Cc3cc(OC)c(CN(C)C4CCC(C(=O)O)CC4)cc3Cl)c2Cl)ccc1CN(C[C@@H]1CCC(=O)N1)C(=O)OC(C)(C)C. The zero-order valence-corrected chi connectivity index (χ0v) is 37.7. The second-order valence-corrected chi connectivity index (χ2v) is 18.2. The van der Waals surface area contributed by atoms with Crippen molar-refractivity contribution in [2.24, 2.45) is 5.92 Å². The zero-order valence-electron chi connectivity index (χ0n) is 36.2. The van der Waals surface area contributed by atoms with Crippen LogP contribution in [0.3, 0.4) is 0 Å². The van der Waals surface area contributed by atoms with Crippen LogP contribution in [0.25, 0.3) is 33.2 Å². The molecule has 0 bridgehead atoms. The summed E-state index contributed by atoms with van der Waals surface area (Å²) in [7, 11) is 5.33. The molecule has 2 fully saturated rings. The number of benzene rings is 4. The van der Waals surface area contributed by atoms with Gasteiger partial charge in [-0.05, 0) is 101 Å². The summed E-state index contributed by atoms with van der Waals surface area (Å²) in [5.74, 6) is 0.346. The summed E-state index contributed by atoms with van der Waals surface area (Å²) in [6.45, 7) is 7.07. The molecule has 2 heterocycles. The number of nitrogens with one attached hydrogen (secondary N) is 1. The Hall–Kier alpha value is -5.30. The molecule has 2 aliphatic rings. The van der Waals surface area contributed by atoms with E-state index in [1.54, 1.807) is 19.1 Å². The largest absolute Gasteiger partial charge is 0.496 e. The first kappa shape index (κ1) is 44.7. The average Bonchev–Trinajstić information content (AvgIpc) is 3.86. The summed E-state index contributed by atoms with van der Waals surface area (Å²) in [6.07, 6.45) is 5.53. The number of rotatable bonds is 14. The third kappa shape index (κ3) is 10.1. The predicted octanol–water partition coefficient (Wildman–Crippen LogP) is 9.83. The Morgan fingerprint density at radius 1 is 0.871 bits per heavy atom. The fraction of sp³-hybridized carbons (Fsp3) is 0.417. The summed E-state index contributed by atoms with van der Waals surface area (Å²) < 4.78 is 19.4. The van der Waals surface area contributed by atoms with E-state index in [4.69, 9.17) is 42.5 Å². The zero-order chi connectivity index (χ0) is 44.3. The van der Waals surface area contributed by atoms with Crippen LogP contribution in [0.4, 0.5) is 4.79 Å². The summed E-state index contributed by atoms with van der Waals surface area (Å²) in [6, 6.07) is 21.9. The van der Waals surface area contributed by atoms with Crippen LogP contribution in [0.5, 0.6) is 11.5 Å². The standard InChI is InChI=1S/C48H55Cl2N5O7/c1-48(2,3)62-47(59)54(28-34-17-20-44(56)52-34)26-31-14-13-30(22-42(31)60-5)36-9-7-11-38(45(36)50)37-10-8-12-41-39(37)24-51-55(41)27-32-23-43(61-6)33(21-40(32)49)25-53(4)35-18-15-29(16-19-35)46(57)58/h7-14,21-24,29,34-35H,15-20,25-28H2,1-6H3,(H,52,56)(H,57,58)/t29?,34-,35?/m0/s1. The van der Waals surface area contributed by atoms with Crippen molar-refractivity contribution in [2.45, 2.75) is 96.6 Å². The Kier molecular flexibility index (Phi) is 13.7. The van der Waals surface area contributed by atoms with Crippen LogP contribution in [0.2, 0.25) is 10.0 Å². The lowest BCUT2D eigenvalue weighted by Crippen LogP contribution is -2.43. The Labute approximate surface area is 373 Å². The highest BCUT2D eigenvalue weighted by molar-refractivity contribution is 6.36. The molecule has 0 spiro atoms. The van der Waals surface area contributed by atoms with Gasteiger partial charge >= 0.3 is 12.1 Å². The first-order chi connectivity index (χ1) is 29.6. The third-order valence-corrected chi connectivity index (χ3v) is 12.7. The van der Waals surface area contributed by atoms with Crippen molar-refractivity contribution in [3.8, 4) is 33.8 Å². The Morgan fingerprint density at radius 2 is 1.56 bits per heavy atom. The molecule has 62 heavy (non-hydrogen) atoms. The Morgan fingerprint density at radius 3 is 2.24 bits per heavy atom. The summed E-state index contributed by atoms with van der Waals surface area (Å²) in [5.41, 5.74) is 6.27. The Bertz CT molecular complexity index is 2460. The quantitative estimate of drug-likeness (QED) is 0.112. The molecule has 12 nitrogen and oxygen atoms in total.